The predicted octanol–water partition coefficient (Wildman–Crippen LogP) is 1.96. The van der Waals surface area contributed by atoms with E-state index in [4.69, 9.17) is 0 Å². The minimum absolute atomic E-state index is 0.0493. The van der Waals surface area contributed by atoms with Gasteiger partial charge in [0, 0.05) is 0 Å². The first-order valence-electron chi connectivity index (χ1n) is 4.60. The predicted molar refractivity (Wildman–Crippen MR) is 60.9 cm³/mol. The molecular formula is C11H6FNO3S. The summed E-state index contributed by atoms with van der Waals surface area (Å²) in [5, 5.41) is 1.64. The van der Waals surface area contributed by atoms with E-state index in [1.165, 1.54) is 18.2 Å². The molecule has 6 heteroatoms. The van der Waals surface area contributed by atoms with Gasteiger partial charge >= 0.3 is 0 Å². The van der Waals surface area contributed by atoms with Crippen molar-refractivity contribution in [1.29, 1.82) is 0 Å². The Morgan fingerprint density at radius 2 is 2.06 bits per heavy atom. The van der Waals surface area contributed by atoms with Crippen molar-refractivity contribution in [1.82, 2.24) is 5.32 Å². The van der Waals surface area contributed by atoms with Gasteiger partial charge in [0.2, 0.25) is 0 Å². The number of imide groups is 1. The summed E-state index contributed by atoms with van der Waals surface area (Å²) in [6, 6.07) is 3.94. The van der Waals surface area contributed by atoms with Gasteiger partial charge < -0.3 is 0 Å². The zero-order chi connectivity index (χ0) is 12.4. The molecule has 0 aromatic heterocycles. The molecule has 1 N–H and O–H groups in total. The Morgan fingerprint density at radius 1 is 1.29 bits per heavy atom. The number of carbonyl (C=O) groups excluding carboxylic acids is 3. The van der Waals surface area contributed by atoms with Crippen LogP contribution in [0.5, 0.6) is 0 Å². The zero-order valence-corrected chi connectivity index (χ0v) is 9.21. The van der Waals surface area contributed by atoms with Gasteiger partial charge in [-0.1, -0.05) is 6.07 Å². The molecule has 0 radical (unpaired) electrons. The fourth-order valence-electron chi connectivity index (χ4n) is 1.30. The summed E-state index contributed by atoms with van der Waals surface area (Å²) in [6.45, 7) is 0. The lowest BCUT2D eigenvalue weighted by Crippen LogP contribution is -2.17. The molecule has 0 atom stereocenters. The van der Waals surface area contributed by atoms with Crippen LogP contribution in [0.25, 0.3) is 6.08 Å². The van der Waals surface area contributed by atoms with E-state index in [1.54, 1.807) is 0 Å². The average Bonchev–Trinajstić information content (AvgIpc) is 2.58. The number of hydrogen-bond acceptors (Lipinski definition) is 4. The molecule has 2 rings (SSSR count). The summed E-state index contributed by atoms with van der Waals surface area (Å²) in [7, 11) is 0. The van der Waals surface area contributed by atoms with E-state index < -0.39 is 17.0 Å². The van der Waals surface area contributed by atoms with Crippen LogP contribution < -0.4 is 5.32 Å². The van der Waals surface area contributed by atoms with Crippen LogP contribution in [-0.2, 0) is 4.79 Å². The molecule has 0 aliphatic carbocycles. The van der Waals surface area contributed by atoms with E-state index >= 15 is 0 Å². The first-order valence-corrected chi connectivity index (χ1v) is 5.41. The number of amides is 2. The lowest BCUT2D eigenvalue weighted by atomic mass is 10.1. The van der Waals surface area contributed by atoms with Crippen molar-refractivity contribution in [3.05, 3.63) is 40.0 Å². The second kappa shape index (κ2) is 4.50. The fourth-order valence-corrected chi connectivity index (χ4v) is 1.98. The van der Waals surface area contributed by atoms with Crippen LogP contribution in [0, 0.1) is 5.82 Å². The Labute approximate surface area is 99.9 Å². The number of rotatable bonds is 2. The Kier molecular flexibility index (Phi) is 3.06. The summed E-state index contributed by atoms with van der Waals surface area (Å²) < 4.78 is 13.3. The molecule has 1 heterocycles. The number of halogens is 1. The van der Waals surface area contributed by atoms with Crippen LogP contribution in [0.1, 0.15) is 15.9 Å². The maximum Gasteiger partial charge on any atom is 0.290 e. The lowest BCUT2D eigenvalue weighted by Gasteiger charge is -1.97. The van der Waals surface area contributed by atoms with Gasteiger partial charge in [0.05, 0.1) is 10.5 Å². The van der Waals surface area contributed by atoms with Gasteiger partial charge in [-0.15, -0.1) is 0 Å². The van der Waals surface area contributed by atoms with Gasteiger partial charge in [-0.2, -0.15) is 0 Å². The van der Waals surface area contributed by atoms with Gasteiger partial charge in [-0.3, -0.25) is 19.7 Å². The number of hydrogen-bond donors (Lipinski definition) is 1. The minimum atomic E-state index is -0.663. The summed E-state index contributed by atoms with van der Waals surface area (Å²) in [4.78, 5) is 32.7. The molecule has 0 unspecified atom stereocenters. The van der Waals surface area contributed by atoms with Gasteiger partial charge in [0.15, 0.2) is 6.29 Å². The van der Waals surface area contributed by atoms with Gasteiger partial charge in [0.1, 0.15) is 5.82 Å². The van der Waals surface area contributed by atoms with Crippen molar-refractivity contribution >= 4 is 35.3 Å². The SMILES string of the molecule is O=Cc1ccc(/C=C2\SC(=O)NC2=O)cc1F. The van der Waals surface area contributed by atoms with Crippen LogP contribution in [0.4, 0.5) is 9.18 Å². The molecule has 0 bridgehead atoms. The van der Waals surface area contributed by atoms with E-state index in [9.17, 15) is 18.8 Å². The maximum absolute atomic E-state index is 13.3. The third kappa shape index (κ3) is 2.42. The maximum atomic E-state index is 13.3. The normalized spacial score (nSPS) is 17.4. The summed E-state index contributed by atoms with van der Waals surface area (Å²) in [5.74, 6) is -1.16. The second-order valence-corrected chi connectivity index (χ2v) is 4.27. The van der Waals surface area contributed by atoms with E-state index in [1.807, 2.05) is 0 Å². The summed E-state index contributed by atoms with van der Waals surface area (Å²) in [5.41, 5.74) is 0.368. The summed E-state index contributed by atoms with van der Waals surface area (Å²) >= 11 is 0.754. The highest BCUT2D eigenvalue weighted by molar-refractivity contribution is 8.18. The van der Waals surface area contributed by atoms with E-state index in [0.29, 0.717) is 11.8 Å². The van der Waals surface area contributed by atoms with Crippen LogP contribution in [-0.4, -0.2) is 17.4 Å². The van der Waals surface area contributed by atoms with Crippen molar-refractivity contribution in [2.45, 2.75) is 0 Å². The smallest absolute Gasteiger partial charge is 0.290 e. The molecule has 1 aliphatic heterocycles. The van der Waals surface area contributed by atoms with E-state index in [0.717, 1.165) is 17.8 Å². The molecule has 17 heavy (non-hydrogen) atoms. The molecule has 0 spiro atoms. The Morgan fingerprint density at radius 3 is 2.59 bits per heavy atom. The zero-order valence-electron chi connectivity index (χ0n) is 8.40. The van der Waals surface area contributed by atoms with Gasteiger partial charge in [-0.05, 0) is 35.5 Å². The Balaban J connectivity index is 2.33. The van der Waals surface area contributed by atoms with Crippen LogP contribution >= 0.6 is 11.8 Å². The van der Waals surface area contributed by atoms with Crippen molar-refractivity contribution < 1.29 is 18.8 Å². The van der Waals surface area contributed by atoms with Gasteiger partial charge in [-0.25, -0.2) is 4.39 Å². The quantitative estimate of drug-likeness (QED) is 0.644. The molecule has 1 fully saturated rings. The Bertz CT molecular complexity index is 554. The molecule has 1 aromatic rings. The molecule has 2 amide bonds. The molecule has 1 aliphatic rings. The molecular weight excluding hydrogens is 245 g/mol. The van der Waals surface area contributed by atoms with E-state index in [2.05, 4.69) is 5.32 Å². The van der Waals surface area contributed by atoms with Crippen LogP contribution in [0.2, 0.25) is 0 Å². The second-order valence-electron chi connectivity index (χ2n) is 3.25. The standard InChI is InChI=1S/C11H6FNO3S/c12-8-3-6(1-2-7(8)5-14)4-9-10(15)13-11(16)17-9/h1-5H,(H,13,15,16)/b9-4-. The third-order valence-electron chi connectivity index (χ3n) is 2.09. The monoisotopic (exact) mass is 251 g/mol. The lowest BCUT2D eigenvalue weighted by molar-refractivity contribution is -0.115. The number of carbonyl (C=O) groups is 3. The number of nitrogens with one attached hydrogen (secondary N) is 1. The van der Waals surface area contributed by atoms with Crippen molar-refractivity contribution in [2.75, 3.05) is 0 Å². The topological polar surface area (TPSA) is 63.2 Å². The number of thioether (sulfide) groups is 1. The average molecular weight is 251 g/mol. The first-order chi connectivity index (χ1) is 8.10. The fraction of sp³-hybridized carbons (Fsp3) is 0. The largest absolute Gasteiger partial charge is 0.298 e. The van der Waals surface area contributed by atoms with Crippen LogP contribution in [0.3, 0.4) is 0 Å². The first kappa shape index (κ1) is 11.5. The van der Waals surface area contributed by atoms with Crippen molar-refractivity contribution in [2.24, 2.45) is 0 Å². The molecule has 1 aromatic carbocycles. The number of aldehydes is 1. The minimum Gasteiger partial charge on any atom is -0.298 e. The molecule has 4 nitrogen and oxygen atoms in total. The van der Waals surface area contributed by atoms with Crippen LogP contribution in [0.15, 0.2) is 23.1 Å². The highest BCUT2D eigenvalue weighted by Crippen LogP contribution is 2.25. The van der Waals surface area contributed by atoms with Gasteiger partial charge in [0.25, 0.3) is 11.1 Å². The van der Waals surface area contributed by atoms with Crippen molar-refractivity contribution in [3.63, 3.8) is 0 Å². The van der Waals surface area contributed by atoms with Crippen molar-refractivity contribution in [3.8, 4) is 0 Å². The molecule has 0 saturated carbocycles. The Hall–Kier alpha value is -1.95. The number of benzene rings is 1. The third-order valence-corrected chi connectivity index (χ3v) is 2.90. The molecule has 1 saturated heterocycles. The highest BCUT2D eigenvalue weighted by Gasteiger charge is 2.24. The summed E-state index contributed by atoms with van der Waals surface area (Å²) in [6.07, 6.45) is 1.80. The molecule has 86 valence electrons. The highest BCUT2D eigenvalue weighted by atomic mass is 32.2. The van der Waals surface area contributed by atoms with E-state index in [-0.39, 0.29) is 10.5 Å².